The third kappa shape index (κ3) is 3.36. The normalized spacial score (nSPS) is 23.6. The van der Waals surface area contributed by atoms with Gasteiger partial charge in [0, 0.05) is 12.7 Å². The first kappa shape index (κ1) is 14.5. The Morgan fingerprint density at radius 2 is 2.32 bits per heavy atom. The zero-order chi connectivity index (χ0) is 13.9. The van der Waals surface area contributed by atoms with Gasteiger partial charge in [0.15, 0.2) is 9.84 Å². The first-order chi connectivity index (χ1) is 9.07. The van der Waals surface area contributed by atoms with Gasteiger partial charge in [-0.25, -0.2) is 13.4 Å². The van der Waals surface area contributed by atoms with Crippen LogP contribution in [0.2, 0.25) is 0 Å². The minimum absolute atomic E-state index is 0.0938. The van der Waals surface area contributed by atoms with E-state index in [2.05, 4.69) is 28.7 Å². The van der Waals surface area contributed by atoms with Gasteiger partial charge in [0.1, 0.15) is 0 Å². The summed E-state index contributed by atoms with van der Waals surface area (Å²) in [5.41, 5.74) is 1.12. The van der Waals surface area contributed by atoms with Crippen molar-refractivity contribution in [2.75, 3.05) is 18.1 Å². The van der Waals surface area contributed by atoms with Gasteiger partial charge in [0.05, 0.1) is 29.6 Å². The molecule has 0 aliphatic carbocycles. The van der Waals surface area contributed by atoms with E-state index in [1.807, 2.05) is 12.5 Å². The Hall–Kier alpha value is -0.880. The predicted molar refractivity (Wildman–Crippen MR) is 75.7 cm³/mol. The molecule has 2 unspecified atom stereocenters. The Morgan fingerprint density at radius 3 is 2.89 bits per heavy atom. The molecule has 1 saturated heterocycles. The number of rotatable bonds is 6. The maximum absolute atomic E-state index is 11.7. The summed E-state index contributed by atoms with van der Waals surface area (Å²) < 4.78 is 25.5. The number of hydrogen-bond acceptors (Lipinski definition) is 4. The number of hydrogen-bond donors (Lipinski definition) is 1. The molecule has 0 bridgehead atoms. The van der Waals surface area contributed by atoms with Gasteiger partial charge >= 0.3 is 0 Å². The summed E-state index contributed by atoms with van der Waals surface area (Å²) >= 11 is 0. The molecule has 1 aromatic heterocycles. The molecule has 6 heteroatoms. The van der Waals surface area contributed by atoms with E-state index < -0.39 is 9.84 Å². The molecule has 1 aliphatic rings. The van der Waals surface area contributed by atoms with Crippen LogP contribution in [-0.4, -0.2) is 36.0 Å². The number of aryl methyl sites for hydroxylation is 1. The van der Waals surface area contributed by atoms with E-state index in [1.54, 1.807) is 0 Å². The van der Waals surface area contributed by atoms with Crippen LogP contribution in [0.25, 0.3) is 0 Å². The third-order valence-corrected chi connectivity index (χ3v) is 5.48. The van der Waals surface area contributed by atoms with Gasteiger partial charge < -0.3 is 9.88 Å². The highest BCUT2D eigenvalue weighted by molar-refractivity contribution is 7.91. The Morgan fingerprint density at radius 1 is 1.53 bits per heavy atom. The number of nitrogens with one attached hydrogen (secondary N) is 1. The van der Waals surface area contributed by atoms with E-state index in [0.29, 0.717) is 11.5 Å². The van der Waals surface area contributed by atoms with Gasteiger partial charge in [0.25, 0.3) is 0 Å². The molecular formula is C13H23N3O2S. The topological polar surface area (TPSA) is 64.0 Å². The van der Waals surface area contributed by atoms with Crippen LogP contribution in [0.15, 0.2) is 12.5 Å². The standard InChI is InChI=1S/C13H23N3O2S/c1-3-6-16-10-14-8-12(16)13(15-4-2)11-5-7-19(17,18)9-11/h8,10-11,13,15H,3-7,9H2,1-2H3. The molecule has 0 radical (unpaired) electrons. The molecule has 1 N–H and O–H groups in total. The fourth-order valence-corrected chi connectivity index (χ4v) is 4.68. The average molecular weight is 285 g/mol. The number of aromatic nitrogens is 2. The summed E-state index contributed by atoms with van der Waals surface area (Å²) in [5, 5.41) is 3.44. The molecule has 19 heavy (non-hydrogen) atoms. The van der Waals surface area contributed by atoms with Crippen LogP contribution in [0.4, 0.5) is 0 Å². The molecular weight excluding hydrogens is 262 g/mol. The van der Waals surface area contributed by atoms with Crippen LogP contribution >= 0.6 is 0 Å². The summed E-state index contributed by atoms with van der Waals surface area (Å²) in [6.45, 7) is 5.94. The quantitative estimate of drug-likeness (QED) is 0.857. The lowest BCUT2D eigenvalue weighted by Gasteiger charge is -2.24. The minimum Gasteiger partial charge on any atom is -0.333 e. The highest BCUT2D eigenvalue weighted by Crippen LogP contribution is 2.31. The number of imidazole rings is 1. The molecule has 2 rings (SSSR count). The Kier molecular flexibility index (Phi) is 4.62. The lowest BCUT2D eigenvalue weighted by Crippen LogP contribution is -2.30. The SMILES string of the molecule is CCCn1cncc1C(NCC)C1CCS(=O)(=O)C1. The maximum Gasteiger partial charge on any atom is 0.150 e. The summed E-state index contributed by atoms with van der Waals surface area (Å²) in [6, 6.07) is 0.0938. The largest absolute Gasteiger partial charge is 0.333 e. The zero-order valence-electron chi connectivity index (χ0n) is 11.7. The van der Waals surface area contributed by atoms with Crippen LogP contribution in [0.5, 0.6) is 0 Å². The van der Waals surface area contributed by atoms with Gasteiger partial charge in [-0.2, -0.15) is 0 Å². The Balaban J connectivity index is 2.22. The van der Waals surface area contributed by atoms with E-state index in [9.17, 15) is 8.42 Å². The lowest BCUT2D eigenvalue weighted by molar-refractivity contribution is 0.379. The molecule has 1 aliphatic heterocycles. The molecule has 0 aromatic carbocycles. The molecule has 0 amide bonds. The summed E-state index contributed by atoms with van der Waals surface area (Å²) in [4.78, 5) is 4.23. The molecule has 108 valence electrons. The second-order valence-corrected chi connectivity index (χ2v) is 7.44. The molecule has 1 aromatic rings. The van der Waals surface area contributed by atoms with Crippen molar-refractivity contribution in [3.8, 4) is 0 Å². The van der Waals surface area contributed by atoms with E-state index in [0.717, 1.165) is 31.6 Å². The first-order valence-electron chi connectivity index (χ1n) is 7.01. The molecule has 5 nitrogen and oxygen atoms in total. The molecule has 0 spiro atoms. The highest BCUT2D eigenvalue weighted by Gasteiger charge is 2.35. The van der Waals surface area contributed by atoms with Crippen LogP contribution in [-0.2, 0) is 16.4 Å². The van der Waals surface area contributed by atoms with Crippen molar-refractivity contribution in [3.63, 3.8) is 0 Å². The molecule has 2 heterocycles. The van der Waals surface area contributed by atoms with Crippen molar-refractivity contribution in [2.24, 2.45) is 5.92 Å². The molecule has 2 atom stereocenters. The van der Waals surface area contributed by atoms with E-state index in [4.69, 9.17) is 0 Å². The van der Waals surface area contributed by atoms with Gasteiger partial charge in [-0.1, -0.05) is 13.8 Å². The average Bonchev–Trinajstić information content (AvgIpc) is 2.93. The van der Waals surface area contributed by atoms with Crippen molar-refractivity contribution in [1.82, 2.24) is 14.9 Å². The Labute approximate surface area is 115 Å². The highest BCUT2D eigenvalue weighted by atomic mass is 32.2. The van der Waals surface area contributed by atoms with Gasteiger partial charge in [-0.05, 0) is 25.3 Å². The summed E-state index contributed by atoms with van der Waals surface area (Å²) in [5.74, 6) is 0.779. The molecule has 1 fully saturated rings. The van der Waals surface area contributed by atoms with E-state index in [1.165, 1.54) is 0 Å². The third-order valence-electron chi connectivity index (χ3n) is 3.69. The number of nitrogens with zero attached hydrogens (tertiary/aromatic N) is 2. The van der Waals surface area contributed by atoms with Crippen molar-refractivity contribution in [3.05, 3.63) is 18.2 Å². The van der Waals surface area contributed by atoms with E-state index >= 15 is 0 Å². The minimum atomic E-state index is -2.84. The fourth-order valence-electron chi connectivity index (χ4n) is 2.84. The van der Waals surface area contributed by atoms with Crippen LogP contribution < -0.4 is 5.32 Å². The Bertz CT molecular complexity index is 510. The van der Waals surface area contributed by atoms with Crippen LogP contribution in [0, 0.1) is 5.92 Å². The van der Waals surface area contributed by atoms with Gasteiger partial charge in [0.2, 0.25) is 0 Å². The fraction of sp³-hybridized carbons (Fsp3) is 0.769. The lowest BCUT2D eigenvalue weighted by atomic mass is 9.96. The van der Waals surface area contributed by atoms with Crippen molar-refractivity contribution in [1.29, 1.82) is 0 Å². The van der Waals surface area contributed by atoms with Crippen LogP contribution in [0.1, 0.15) is 38.4 Å². The first-order valence-corrected chi connectivity index (χ1v) is 8.83. The second-order valence-electron chi connectivity index (χ2n) is 5.21. The smallest absolute Gasteiger partial charge is 0.150 e. The molecule has 0 saturated carbocycles. The number of sulfone groups is 1. The monoisotopic (exact) mass is 285 g/mol. The maximum atomic E-state index is 11.7. The van der Waals surface area contributed by atoms with Crippen LogP contribution in [0.3, 0.4) is 0 Å². The van der Waals surface area contributed by atoms with Crippen molar-refractivity contribution < 1.29 is 8.42 Å². The summed E-state index contributed by atoms with van der Waals surface area (Å²) in [6.07, 6.45) is 5.50. The van der Waals surface area contributed by atoms with Crippen molar-refractivity contribution >= 4 is 9.84 Å². The predicted octanol–water partition coefficient (Wildman–Crippen LogP) is 1.38. The van der Waals surface area contributed by atoms with Gasteiger partial charge in [-0.15, -0.1) is 0 Å². The van der Waals surface area contributed by atoms with Gasteiger partial charge in [-0.3, -0.25) is 0 Å². The van der Waals surface area contributed by atoms with Crippen molar-refractivity contribution in [2.45, 2.75) is 39.3 Å². The second kappa shape index (κ2) is 6.05. The summed E-state index contributed by atoms with van der Waals surface area (Å²) in [7, 11) is -2.84. The van der Waals surface area contributed by atoms with E-state index in [-0.39, 0.29) is 12.0 Å². The zero-order valence-corrected chi connectivity index (χ0v) is 12.5.